The fourth-order valence-electron chi connectivity index (χ4n) is 12.8. The number of likely N-dealkylation sites (tertiary alicyclic amines) is 2. The first-order valence-corrected chi connectivity index (χ1v) is 27.0. The van der Waals surface area contributed by atoms with E-state index in [1.807, 2.05) is 30.0 Å². The van der Waals surface area contributed by atoms with Crippen LogP contribution in [0, 0.1) is 22.7 Å². The summed E-state index contributed by atoms with van der Waals surface area (Å²) in [5, 5.41) is 20.7. The number of phenols is 1. The molecule has 2 saturated carbocycles. The second-order valence-corrected chi connectivity index (χ2v) is 22.7. The molecule has 4 aromatic rings. The summed E-state index contributed by atoms with van der Waals surface area (Å²) in [5.74, 6) is -0.00147. The summed E-state index contributed by atoms with van der Waals surface area (Å²) >= 11 is 0. The molecular weight excluding hydrogens is 925 g/mol. The van der Waals surface area contributed by atoms with E-state index in [1.54, 1.807) is 35.3 Å². The van der Waals surface area contributed by atoms with Crippen molar-refractivity contribution in [2.45, 2.75) is 142 Å². The zero-order valence-corrected chi connectivity index (χ0v) is 43.3. The number of methoxy groups -OCH3 is 1. The van der Waals surface area contributed by atoms with Gasteiger partial charge in [-0.15, -0.1) is 0 Å². The van der Waals surface area contributed by atoms with Crippen molar-refractivity contribution in [2.75, 3.05) is 46.4 Å². The van der Waals surface area contributed by atoms with Crippen LogP contribution in [-0.4, -0.2) is 130 Å². The molecule has 4 aliphatic heterocycles. The number of fused-ring (bicyclic) bond motifs is 1. The van der Waals surface area contributed by atoms with Crippen molar-refractivity contribution < 1.29 is 38.6 Å². The highest BCUT2D eigenvalue weighted by molar-refractivity contribution is 5.97. The van der Waals surface area contributed by atoms with Gasteiger partial charge < -0.3 is 34.3 Å². The number of ether oxygens (including phenoxy) is 2. The highest BCUT2D eigenvalue weighted by Crippen LogP contribution is 2.46. The number of aryl methyl sites for hydroxylation is 1. The predicted molar refractivity (Wildman–Crippen MR) is 277 cm³/mol. The van der Waals surface area contributed by atoms with E-state index in [1.165, 1.54) is 12.8 Å². The Balaban J connectivity index is 0.958. The van der Waals surface area contributed by atoms with E-state index in [0.717, 1.165) is 83.1 Å². The highest BCUT2D eigenvalue weighted by Gasteiger charge is 2.58. The number of aromatic nitrogens is 2. The van der Waals surface area contributed by atoms with Gasteiger partial charge in [0.05, 0.1) is 29.5 Å². The van der Waals surface area contributed by atoms with E-state index in [-0.39, 0.29) is 66.5 Å². The monoisotopic (exact) mass is 999 g/mol. The first-order chi connectivity index (χ1) is 35.2. The molecule has 0 radical (unpaired) electrons. The molecule has 2 aromatic heterocycles. The molecule has 1 spiro atoms. The number of amides is 4. The van der Waals surface area contributed by atoms with Crippen molar-refractivity contribution in [3.05, 3.63) is 71.5 Å². The van der Waals surface area contributed by atoms with E-state index in [0.29, 0.717) is 76.5 Å². The first kappa shape index (κ1) is 50.7. The second kappa shape index (κ2) is 20.8. The maximum Gasteiger partial charge on any atom is 0.293 e. The lowest BCUT2D eigenvalue weighted by Crippen LogP contribution is -2.60. The third kappa shape index (κ3) is 10.2. The third-order valence-electron chi connectivity index (χ3n) is 16.9. The molecule has 2 aliphatic carbocycles. The Labute approximate surface area is 428 Å². The zero-order chi connectivity index (χ0) is 51.2. The van der Waals surface area contributed by atoms with Gasteiger partial charge in [-0.05, 0) is 142 Å². The van der Waals surface area contributed by atoms with Crippen molar-refractivity contribution >= 4 is 41.0 Å². The van der Waals surface area contributed by atoms with Gasteiger partial charge in [-0.1, -0.05) is 38.8 Å². The van der Waals surface area contributed by atoms with E-state index in [9.17, 15) is 24.3 Å². The topological polar surface area (TPSA) is 198 Å². The molecule has 73 heavy (non-hydrogen) atoms. The molecule has 390 valence electrons. The number of aromatic hydroxyl groups is 1. The third-order valence-corrected chi connectivity index (χ3v) is 16.9. The summed E-state index contributed by atoms with van der Waals surface area (Å²) in [6.07, 6.45) is 11.0. The van der Waals surface area contributed by atoms with Crippen molar-refractivity contribution in [1.29, 1.82) is 0 Å². The summed E-state index contributed by atoms with van der Waals surface area (Å²) < 4.78 is 13.5. The number of hydrogen-bond acceptors (Lipinski definition) is 11. The molecule has 2 aromatic carbocycles. The van der Waals surface area contributed by atoms with Crippen LogP contribution in [0.1, 0.15) is 115 Å². The van der Waals surface area contributed by atoms with Crippen LogP contribution in [0.2, 0.25) is 0 Å². The lowest BCUT2D eigenvalue weighted by molar-refractivity contribution is -0.146. The molecule has 6 aliphatic rings. The molecule has 16 heteroatoms. The maximum atomic E-state index is 15.1. The predicted octanol–water partition coefficient (Wildman–Crippen LogP) is 6.46. The largest absolute Gasteiger partial charge is 0.508 e. The van der Waals surface area contributed by atoms with Crippen LogP contribution in [-0.2, 0) is 52.8 Å². The number of benzene rings is 2. The van der Waals surface area contributed by atoms with Gasteiger partial charge in [-0.25, -0.2) is 5.43 Å². The number of phenolic OH excluding ortho intramolecular Hbond substituents is 1. The van der Waals surface area contributed by atoms with Crippen LogP contribution in [0.5, 0.6) is 5.75 Å². The van der Waals surface area contributed by atoms with Gasteiger partial charge in [0.1, 0.15) is 23.9 Å². The summed E-state index contributed by atoms with van der Waals surface area (Å²) in [6, 6.07) is 14.0. The van der Waals surface area contributed by atoms with E-state index in [2.05, 4.69) is 59.6 Å². The number of rotatable bonds is 19. The van der Waals surface area contributed by atoms with Crippen LogP contribution in [0.4, 0.5) is 0 Å². The number of carbonyl (C=O) groups is 5. The summed E-state index contributed by atoms with van der Waals surface area (Å²) in [7, 11) is 1.68. The van der Waals surface area contributed by atoms with E-state index < -0.39 is 22.9 Å². The fraction of sp³-hybridized carbons (Fsp3) is 0.579. The number of hydrogen-bond donors (Lipinski definition) is 4. The molecule has 16 nitrogen and oxygen atoms in total. The van der Waals surface area contributed by atoms with Gasteiger partial charge in [0.2, 0.25) is 17.7 Å². The highest BCUT2D eigenvalue weighted by atomic mass is 16.5. The van der Waals surface area contributed by atoms with Crippen LogP contribution in [0.15, 0.2) is 54.7 Å². The van der Waals surface area contributed by atoms with Crippen molar-refractivity contribution in [2.24, 2.45) is 22.7 Å². The standard InChI is InChI=1S/C57H74N8O8/c1-6-63-46-18-17-39(30-43(46)44(31-56(3,4)33-73-34-66)51(63)42-14-11-21-58-47(42)35(2)72-5)40-26-36(27-41(67)29-40)28-45(53(69)65-23-10-9-22-59-65)60-52(68)50(38-12-7-8-13-38)64-25-20-57(55(64)71)19-24-62(32-57)54(70)49-48(61-49)37-15-16-37/h11,14,17-18,21,26-27,29-30,34-35,37-38,45,48-50,59,61,67H,6-10,12-13,15-16,19-20,22-25,28,31-33H2,1-5H3,(H,60,68)/t35-,45-,48+,49+,50-,57-/m0/s1. The fourth-order valence-corrected chi connectivity index (χ4v) is 12.8. The molecule has 4 N–H and O–H groups in total. The molecule has 10 rings (SSSR count). The molecule has 6 heterocycles. The minimum Gasteiger partial charge on any atom is -0.508 e. The lowest BCUT2D eigenvalue weighted by Gasteiger charge is -2.35. The van der Waals surface area contributed by atoms with Crippen LogP contribution >= 0.6 is 0 Å². The molecule has 4 amide bonds. The van der Waals surface area contributed by atoms with Gasteiger partial charge in [0.25, 0.3) is 12.4 Å². The quantitative estimate of drug-likeness (QED) is 0.0595. The number of nitrogens with one attached hydrogen (secondary N) is 3. The minimum atomic E-state index is -0.998. The van der Waals surface area contributed by atoms with Gasteiger partial charge in [-0.2, -0.15) is 0 Å². The van der Waals surface area contributed by atoms with Crippen LogP contribution in [0.3, 0.4) is 0 Å². The van der Waals surface area contributed by atoms with Crippen LogP contribution < -0.4 is 16.1 Å². The molecule has 6 fully saturated rings. The Hall–Kier alpha value is -5.84. The van der Waals surface area contributed by atoms with Gasteiger partial charge in [0, 0.05) is 86.9 Å². The Morgan fingerprint density at radius 1 is 1.00 bits per heavy atom. The van der Waals surface area contributed by atoms with Crippen molar-refractivity contribution in [3.8, 4) is 28.1 Å². The van der Waals surface area contributed by atoms with Gasteiger partial charge in [-0.3, -0.25) is 39.3 Å². The number of carbonyl (C=O) groups excluding carboxylic acids is 5. The Morgan fingerprint density at radius 3 is 2.52 bits per heavy atom. The molecule has 0 bridgehead atoms. The van der Waals surface area contributed by atoms with Gasteiger partial charge >= 0.3 is 0 Å². The molecule has 4 saturated heterocycles. The van der Waals surface area contributed by atoms with E-state index in [4.69, 9.17) is 14.5 Å². The SMILES string of the molecule is CCn1c(-c2cccnc2[C@H](C)OC)c(CC(C)(C)COC=O)c2cc(-c3cc(O)cc(C[C@H](NC(=O)[C@H](C4CCCC4)N4CC[C@]5(CCN(C(=O)[C@@H]6N[C@@H]6C6CC6)C5)C4=O)C(=O)N4CCCCN4)c3)ccc21. The minimum absolute atomic E-state index is 0.0235. The lowest BCUT2D eigenvalue weighted by atomic mass is 9.84. The van der Waals surface area contributed by atoms with Crippen LogP contribution in [0.25, 0.3) is 33.3 Å². The number of pyridine rings is 1. The number of hydrazine groups is 1. The molecule has 0 unspecified atom stereocenters. The smallest absolute Gasteiger partial charge is 0.293 e. The molecular formula is C57H74N8O8. The Kier molecular flexibility index (Phi) is 14.5. The first-order valence-electron chi connectivity index (χ1n) is 27.0. The summed E-state index contributed by atoms with van der Waals surface area (Å²) in [5.41, 5.74) is 9.21. The number of nitrogens with zero attached hydrogens (tertiary/aromatic N) is 5. The van der Waals surface area contributed by atoms with E-state index >= 15 is 4.79 Å². The summed E-state index contributed by atoms with van der Waals surface area (Å²) in [4.78, 5) is 78.0. The van der Waals surface area contributed by atoms with Gasteiger partial charge in [0.15, 0.2) is 0 Å². The average molecular weight is 999 g/mol. The summed E-state index contributed by atoms with van der Waals surface area (Å²) in [6.45, 7) is 12.1. The second-order valence-electron chi connectivity index (χ2n) is 22.7. The Bertz CT molecular complexity index is 2740. The van der Waals surface area contributed by atoms with Crippen molar-refractivity contribution in [3.63, 3.8) is 0 Å². The zero-order valence-electron chi connectivity index (χ0n) is 43.3. The van der Waals surface area contributed by atoms with Crippen molar-refractivity contribution in [1.82, 2.24) is 40.4 Å². The normalized spacial score (nSPS) is 23.6. The Morgan fingerprint density at radius 2 is 1.79 bits per heavy atom. The maximum absolute atomic E-state index is 15.1. The molecule has 6 atom stereocenters. The average Bonchev–Trinajstić information content (AvgIpc) is 4.22.